The fraction of sp³-hybridized carbons (Fsp3) is 0.200. The van der Waals surface area contributed by atoms with Crippen molar-refractivity contribution < 1.29 is 17.6 Å². The maximum absolute atomic E-state index is 13.5. The Morgan fingerprint density at radius 3 is 2.20 bits per heavy atom. The van der Waals surface area contributed by atoms with E-state index in [0.717, 1.165) is 5.56 Å². The zero-order chi connectivity index (χ0) is 24.4. The van der Waals surface area contributed by atoms with Crippen molar-refractivity contribution in [3.8, 4) is 11.5 Å². The molecule has 2 aromatic carbocycles. The molecular weight excluding hydrogens is 469 g/mol. The summed E-state index contributed by atoms with van der Waals surface area (Å²) in [6, 6.07) is 18.6. The first kappa shape index (κ1) is 23.0. The summed E-state index contributed by atoms with van der Waals surface area (Å²) in [5.41, 5.74) is 1.73. The van der Waals surface area contributed by atoms with Gasteiger partial charge in [-0.05, 0) is 42.0 Å². The molecule has 1 aliphatic rings. The minimum Gasteiger partial charge on any atom is -0.336 e. The standard InChI is InChI=1S/C25H24FN5O3S/c26-21-8-10-22(11-9-21)31-24(28-12-4-5-13-28)23(18-27-31)25(32)29-14-16-30(17-15-29)35(33,34)19-20-6-2-1-3-7-20/h1-13,18H,14-17,19H2. The van der Waals surface area contributed by atoms with Crippen molar-refractivity contribution in [2.45, 2.75) is 5.75 Å². The van der Waals surface area contributed by atoms with Gasteiger partial charge in [0.1, 0.15) is 11.4 Å². The van der Waals surface area contributed by atoms with Crippen LogP contribution in [0.15, 0.2) is 85.3 Å². The number of rotatable bonds is 6. The van der Waals surface area contributed by atoms with E-state index in [1.807, 2.05) is 42.7 Å². The number of piperazine rings is 1. The molecule has 4 aromatic rings. The first-order valence-corrected chi connectivity index (χ1v) is 12.8. The first-order valence-electron chi connectivity index (χ1n) is 11.2. The fourth-order valence-electron chi connectivity index (χ4n) is 4.20. The van der Waals surface area contributed by atoms with Crippen LogP contribution in [-0.2, 0) is 15.8 Å². The van der Waals surface area contributed by atoms with Crippen molar-refractivity contribution in [2.75, 3.05) is 26.2 Å². The van der Waals surface area contributed by atoms with Crippen LogP contribution in [0.2, 0.25) is 0 Å². The summed E-state index contributed by atoms with van der Waals surface area (Å²) < 4.78 is 44.0. The van der Waals surface area contributed by atoms with E-state index in [9.17, 15) is 17.6 Å². The van der Waals surface area contributed by atoms with Crippen molar-refractivity contribution in [1.82, 2.24) is 23.6 Å². The Morgan fingerprint density at radius 1 is 0.886 bits per heavy atom. The van der Waals surface area contributed by atoms with E-state index in [4.69, 9.17) is 0 Å². The third-order valence-corrected chi connectivity index (χ3v) is 7.86. The van der Waals surface area contributed by atoms with E-state index in [0.29, 0.717) is 17.1 Å². The van der Waals surface area contributed by atoms with Crippen LogP contribution >= 0.6 is 0 Å². The number of aromatic nitrogens is 3. The molecule has 0 radical (unpaired) electrons. The minimum absolute atomic E-state index is 0.0655. The van der Waals surface area contributed by atoms with Gasteiger partial charge in [0, 0.05) is 38.6 Å². The van der Waals surface area contributed by atoms with Crippen molar-refractivity contribution in [1.29, 1.82) is 0 Å². The highest BCUT2D eigenvalue weighted by Gasteiger charge is 2.31. The molecule has 0 spiro atoms. The molecule has 8 nitrogen and oxygen atoms in total. The largest absolute Gasteiger partial charge is 0.336 e. The van der Waals surface area contributed by atoms with Crippen LogP contribution in [0.4, 0.5) is 4.39 Å². The van der Waals surface area contributed by atoms with Gasteiger partial charge in [0.15, 0.2) is 5.82 Å². The highest BCUT2D eigenvalue weighted by Crippen LogP contribution is 2.23. The van der Waals surface area contributed by atoms with E-state index in [2.05, 4.69) is 5.10 Å². The third-order valence-electron chi connectivity index (χ3n) is 6.01. The molecule has 180 valence electrons. The summed E-state index contributed by atoms with van der Waals surface area (Å²) in [6.45, 7) is 1.01. The van der Waals surface area contributed by atoms with E-state index in [1.54, 1.807) is 38.4 Å². The van der Waals surface area contributed by atoms with Gasteiger partial charge in [-0.1, -0.05) is 30.3 Å². The Kier molecular flexibility index (Phi) is 6.23. The summed E-state index contributed by atoms with van der Waals surface area (Å²) >= 11 is 0. The number of nitrogens with zero attached hydrogens (tertiary/aromatic N) is 5. The lowest BCUT2D eigenvalue weighted by Crippen LogP contribution is -2.50. The minimum atomic E-state index is -3.49. The van der Waals surface area contributed by atoms with E-state index < -0.39 is 10.0 Å². The van der Waals surface area contributed by atoms with Crippen molar-refractivity contribution in [3.63, 3.8) is 0 Å². The summed E-state index contributed by atoms with van der Waals surface area (Å²) in [4.78, 5) is 15.1. The summed E-state index contributed by atoms with van der Waals surface area (Å²) in [5.74, 6) is -0.128. The van der Waals surface area contributed by atoms with Crippen LogP contribution in [-0.4, -0.2) is 64.1 Å². The lowest BCUT2D eigenvalue weighted by atomic mass is 10.2. The molecule has 0 bridgehead atoms. The number of hydrogen-bond donors (Lipinski definition) is 0. The number of sulfonamides is 1. The number of amides is 1. The van der Waals surface area contributed by atoms with E-state index >= 15 is 0 Å². The predicted octanol–water partition coefficient (Wildman–Crippen LogP) is 3.09. The second kappa shape index (κ2) is 9.47. The maximum atomic E-state index is 13.5. The van der Waals surface area contributed by atoms with Crippen molar-refractivity contribution in [3.05, 3.63) is 102 Å². The van der Waals surface area contributed by atoms with Crippen LogP contribution in [0.5, 0.6) is 0 Å². The highest BCUT2D eigenvalue weighted by molar-refractivity contribution is 7.88. The Labute approximate surface area is 202 Å². The summed E-state index contributed by atoms with van der Waals surface area (Å²) in [7, 11) is -3.49. The number of hydrogen-bond acceptors (Lipinski definition) is 4. The lowest BCUT2D eigenvalue weighted by Gasteiger charge is -2.34. The molecule has 5 rings (SSSR count). The third kappa shape index (κ3) is 4.75. The molecule has 2 aromatic heterocycles. The molecule has 1 saturated heterocycles. The van der Waals surface area contributed by atoms with Gasteiger partial charge in [0.05, 0.1) is 17.6 Å². The number of carbonyl (C=O) groups excluding carboxylic acids is 1. The second-order valence-corrected chi connectivity index (χ2v) is 10.3. The molecule has 35 heavy (non-hydrogen) atoms. The zero-order valence-corrected chi connectivity index (χ0v) is 19.7. The Bertz CT molecular complexity index is 1410. The average Bonchev–Trinajstić information content (AvgIpc) is 3.55. The number of carbonyl (C=O) groups is 1. The summed E-state index contributed by atoms with van der Waals surface area (Å²) in [5, 5.41) is 4.41. The smallest absolute Gasteiger partial charge is 0.259 e. The van der Waals surface area contributed by atoms with Gasteiger partial charge in [-0.25, -0.2) is 17.5 Å². The molecular formula is C25H24FN5O3S. The van der Waals surface area contributed by atoms with Crippen LogP contribution in [0.1, 0.15) is 15.9 Å². The molecule has 0 saturated carbocycles. The van der Waals surface area contributed by atoms with E-state index in [1.165, 1.54) is 22.6 Å². The van der Waals surface area contributed by atoms with Crippen molar-refractivity contribution in [2.24, 2.45) is 0 Å². The van der Waals surface area contributed by atoms with Crippen molar-refractivity contribution >= 4 is 15.9 Å². The molecule has 0 aliphatic carbocycles. The zero-order valence-electron chi connectivity index (χ0n) is 18.9. The first-order chi connectivity index (χ1) is 16.9. The van der Waals surface area contributed by atoms with Gasteiger partial charge in [0.25, 0.3) is 5.91 Å². The van der Waals surface area contributed by atoms with E-state index in [-0.39, 0.29) is 43.7 Å². The van der Waals surface area contributed by atoms with Crippen LogP contribution in [0.3, 0.4) is 0 Å². The fourth-order valence-corrected chi connectivity index (χ4v) is 5.72. The number of benzene rings is 2. The molecule has 0 atom stereocenters. The Hall–Kier alpha value is -3.76. The quantitative estimate of drug-likeness (QED) is 0.414. The number of halogens is 1. The molecule has 1 amide bonds. The Balaban J connectivity index is 1.35. The van der Waals surface area contributed by atoms with Crippen LogP contribution in [0, 0.1) is 5.82 Å². The van der Waals surface area contributed by atoms with Gasteiger partial charge in [-0.15, -0.1) is 0 Å². The normalized spacial score (nSPS) is 14.8. The highest BCUT2D eigenvalue weighted by atomic mass is 32.2. The SMILES string of the molecule is O=C(c1cnn(-c2ccc(F)cc2)c1-n1cccc1)N1CCN(S(=O)(=O)Cc2ccccc2)CC1. The monoisotopic (exact) mass is 493 g/mol. The maximum Gasteiger partial charge on any atom is 0.259 e. The second-order valence-electron chi connectivity index (χ2n) is 8.29. The van der Waals surface area contributed by atoms with Gasteiger partial charge in [0.2, 0.25) is 10.0 Å². The lowest BCUT2D eigenvalue weighted by molar-refractivity contribution is 0.0697. The molecule has 1 aliphatic heterocycles. The molecule has 10 heteroatoms. The van der Waals surface area contributed by atoms with Crippen LogP contribution < -0.4 is 0 Å². The molecule has 1 fully saturated rings. The molecule has 0 N–H and O–H groups in total. The summed E-state index contributed by atoms with van der Waals surface area (Å²) in [6.07, 6.45) is 5.11. The molecule has 3 heterocycles. The van der Waals surface area contributed by atoms with Gasteiger partial charge >= 0.3 is 0 Å². The molecule has 0 unspecified atom stereocenters. The topological polar surface area (TPSA) is 80.4 Å². The van der Waals surface area contributed by atoms with Gasteiger partial charge < -0.3 is 9.47 Å². The van der Waals surface area contributed by atoms with Crippen LogP contribution in [0.25, 0.3) is 11.5 Å². The Morgan fingerprint density at radius 2 is 1.54 bits per heavy atom. The van der Waals surface area contributed by atoms with Gasteiger partial charge in [-0.2, -0.15) is 9.40 Å². The average molecular weight is 494 g/mol. The van der Waals surface area contributed by atoms with Gasteiger partial charge in [-0.3, -0.25) is 4.79 Å². The predicted molar refractivity (Wildman–Crippen MR) is 129 cm³/mol.